The van der Waals surface area contributed by atoms with E-state index in [2.05, 4.69) is 20.6 Å². The van der Waals surface area contributed by atoms with Crippen molar-refractivity contribution in [2.75, 3.05) is 17.7 Å². The number of anilines is 2. The molecule has 0 bridgehead atoms. The molecule has 0 atom stereocenters. The number of hydrogen-bond donors (Lipinski definition) is 2. The van der Waals surface area contributed by atoms with Crippen LogP contribution in [0, 0.1) is 6.92 Å². The summed E-state index contributed by atoms with van der Waals surface area (Å²) in [5.74, 6) is 0.348. The summed E-state index contributed by atoms with van der Waals surface area (Å²) >= 11 is 1.45. The molecule has 0 unspecified atom stereocenters. The Balaban J connectivity index is 2.21. The Bertz CT molecular complexity index is 595. The van der Waals surface area contributed by atoms with Crippen LogP contribution in [0.25, 0.3) is 0 Å². The van der Waals surface area contributed by atoms with Crippen molar-refractivity contribution in [2.24, 2.45) is 0 Å². The quantitative estimate of drug-likeness (QED) is 0.907. The molecule has 0 aliphatic heterocycles. The molecule has 0 aromatic carbocycles. The van der Waals surface area contributed by atoms with Gasteiger partial charge in [-0.2, -0.15) is 13.2 Å². The van der Waals surface area contributed by atoms with Crippen molar-refractivity contribution in [1.29, 1.82) is 0 Å². The molecule has 20 heavy (non-hydrogen) atoms. The minimum Gasteiger partial charge on any atom is -0.373 e. The van der Waals surface area contributed by atoms with Crippen LogP contribution in [-0.4, -0.2) is 17.0 Å². The van der Waals surface area contributed by atoms with Crippen LogP contribution in [0.15, 0.2) is 17.6 Å². The van der Waals surface area contributed by atoms with E-state index in [1.54, 1.807) is 5.51 Å². The lowest BCUT2D eigenvalue weighted by atomic mass is 10.2. The second kappa shape index (κ2) is 5.66. The van der Waals surface area contributed by atoms with Crippen molar-refractivity contribution in [1.82, 2.24) is 9.97 Å². The molecule has 0 radical (unpaired) electrons. The average molecular weight is 302 g/mol. The van der Waals surface area contributed by atoms with Crippen LogP contribution >= 0.6 is 11.3 Å². The van der Waals surface area contributed by atoms with Crippen LogP contribution in [-0.2, 0) is 12.7 Å². The van der Waals surface area contributed by atoms with E-state index in [0.29, 0.717) is 6.54 Å². The maximum Gasteiger partial charge on any atom is 0.416 e. The van der Waals surface area contributed by atoms with Crippen LogP contribution in [0.3, 0.4) is 0 Å². The summed E-state index contributed by atoms with van der Waals surface area (Å²) in [6.07, 6.45) is -4.40. The summed E-state index contributed by atoms with van der Waals surface area (Å²) < 4.78 is 38.3. The van der Waals surface area contributed by atoms with Crippen molar-refractivity contribution >= 4 is 23.0 Å². The number of rotatable bonds is 4. The molecule has 0 saturated heterocycles. The minimum atomic E-state index is -4.40. The van der Waals surface area contributed by atoms with Gasteiger partial charge in [0.25, 0.3) is 0 Å². The van der Waals surface area contributed by atoms with Gasteiger partial charge >= 0.3 is 6.18 Å². The van der Waals surface area contributed by atoms with Crippen LogP contribution in [0.1, 0.15) is 16.1 Å². The van der Waals surface area contributed by atoms with Gasteiger partial charge in [-0.05, 0) is 19.1 Å². The minimum absolute atomic E-state index is 0.170. The Morgan fingerprint density at radius 3 is 2.50 bits per heavy atom. The Labute approximate surface area is 118 Å². The fourth-order valence-electron chi connectivity index (χ4n) is 1.58. The number of aryl methyl sites for hydroxylation is 1. The molecule has 2 aromatic heterocycles. The molecule has 0 saturated carbocycles. The molecule has 8 heteroatoms. The number of alkyl halides is 3. The van der Waals surface area contributed by atoms with E-state index in [0.717, 1.165) is 22.7 Å². The topological polar surface area (TPSA) is 49.8 Å². The third-order valence-electron chi connectivity index (χ3n) is 2.68. The van der Waals surface area contributed by atoms with E-state index in [1.807, 2.05) is 6.92 Å². The van der Waals surface area contributed by atoms with Gasteiger partial charge in [-0.1, -0.05) is 0 Å². The van der Waals surface area contributed by atoms with Gasteiger partial charge < -0.3 is 10.6 Å². The van der Waals surface area contributed by atoms with Crippen molar-refractivity contribution in [3.8, 4) is 0 Å². The molecule has 0 amide bonds. The highest BCUT2D eigenvalue weighted by molar-refractivity contribution is 7.09. The molecule has 2 rings (SSSR count). The third-order valence-corrected chi connectivity index (χ3v) is 3.62. The van der Waals surface area contributed by atoms with Gasteiger partial charge in [0, 0.05) is 11.9 Å². The molecule has 4 nitrogen and oxygen atoms in total. The van der Waals surface area contributed by atoms with Gasteiger partial charge in [-0.15, -0.1) is 11.3 Å². The Kier molecular flexibility index (Phi) is 4.12. The van der Waals surface area contributed by atoms with Crippen LogP contribution in [0.5, 0.6) is 0 Å². The van der Waals surface area contributed by atoms with Crippen molar-refractivity contribution in [2.45, 2.75) is 19.6 Å². The Morgan fingerprint density at radius 2 is 1.95 bits per heavy atom. The lowest BCUT2D eigenvalue weighted by Crippen LogP contribution is -2.09. The van der Waals surface area contributed by atoms with Crippen LogP contribution < -0.4 is 10.6 Å². The molecule has 0 spiro atoms. The fourth-order valence-corrected chi connectivity index (χ4v) is 2.30. The number of thiazole rings is 1. The largest absolute Gasteiger partial charge is 0.416 e. The average Bonchev–Trinajstić information content (AvgIpc) is 2.80. The maximum atomic E-state index is 12.8. The first-order valence-electron chi connectivity index (χ1n) is 5.80. The molecule has 0 fully saturated rings. The summed E-state index contributed by atoms with van der Waals surface area (Å²) in [6, 6.07) is 1.97. The zero-order valence-corrected chi connectivity index (χ0v) is 11.7. The second-order valence-electron chi connectivity index (χ2n) is 4.09. The first-order chi connectivity index (χ1) is 9.40. The number of halogens is 3. The van der Waals surface area contributed by atoms with E-state index in [9.17, 15) is 13.2 Å². The summed E-state index contributed by atoms with van der Waals surface area (Å²) in [4.78, 5) is 9.11. The van der Waals surface area contributed by atoms with E-state index in [-0.39, 0.29) is 11.6 Å². The zero-order chi connectivity index (χ0) is 14.8. The summed E-state index contributed by atoms with van der Waals surface area (Å²) in [6.45, 7) is 2.25. The first-order valence-corrected chi connectivity index (χ1v) is 6.68. The van der Waals surface area contributed by atoms with Crippen LogP contribution in [0.4, 0.5) is 24.8 Å². The standard InChI is InChI=1S/C12H13F3N4S/c1-7-9(20-6-18-7)5-17-11-4-8(12(13,14)15)3-10(16-2)19-11/h3-4,6H,5H2,1-2H3,(H2,16,17,19). The second-order valence-corrected chi connectivity index (χ2v) is 5.03. The van der Waals surface area contributed by atoms with Crippen molar-refractivity contribution in [3.63, 3.8) is 0 Å². The summed E-state index contributed by atoms with van der Waals surface area (Å²) in [5, 5.41) is 5.52. The molecule has 108 valence electrons. The number of pyridine rings is 1. The molecule has 0 aliphatic rings. The van der Waals surface area contributed by atoms with Crippen LogP contribution in [0.2, 0.25) is 0 Å². The molecule has 2 N–H and O–H groups in total. The van der Waals surface area contributed by atoms with Gasteiger partial charge in [0.15, 0.2) is 0 Å². The van der Waals surface area contributed by atoms with E-state index >= 15 is 0 Å². The van der Waals surface area contributed by atoms with Gasteiger partial charge in [-0.25, -0.2) is 9.97 Å². The number of nitrogens with one attached hydrogen (secondary N) is 2. The number of hydrogen-bond acceptors (Lipinski definition) is 5. The van der Waals surface area contributed by atoms with Crippen molar-refractivity contribution < 1.29 is 13.2 Å². The SMILES string of the molecule is CNc1cc(C(F)(F)F)cc(NCc2scnc2C)n1. The van der Waals surface area contributed by atoms with Gasteiger partial charge in [-0.3, -0.25) is 0 Å². The maximum absolute atomic E-state index is 12.8. The fraction of sp³-hybridized carbons (Fsp3) is 0.333. The summed E-state index contributed by atoms with van der Waals surface area (Å²) in [5.41, 5.74) is 1.83. The predicted molar refractivity (Wildman–Crippen MR) is 73.0 cm³/mol. The highest BCUT2D eigenvalue weighted by atomic mass is 32.1. The molecular formula is C12H13F3N4S. The Hall–Kier alpha value is -1.83. The monoisotopic (exact) mass is 302 g/mol. The predicted octanol–water partition coefficient (Wildman–Crippen LogP) is 3.52. The highest BCUT2D eigenvalue weighted by Crippen LogP contribution is 2.32. The van der Waals surface area contributed by atoms with Crippen molar-refractivity contribution in [3.05, 3.63) is 33.8 Å². The zero-order valence-electron chi connectivity index (χ0n) is 10.9. The number of aromatic nitrogens is 2. The molecule has 2 aromatic rings. The van der Waals surface area contributed by atoms with Gasteiger partial charge in [0.2, 0.25) is 0 Å². The lowest BCUT2D eigenvalue weighted by Gasteiger charge is -2.12. The van der Waals surface area contributed by atoms with Gasteiger partial charge in [0.1, 0.15) is 11.6 Å². The highest BCUT2D eigenvalue weighted by Gasteiger charge is 2.31. The smallest absolute Gasteiger partial charge is 0.373 e. The van der Waals surface area contributed by atoms with E-state index in [1.165, 1.54) is 18.4 Å². The molecule has 0 aliphatic carbocycles. The third kappa shape index (κ3) is 3.38. The molecule has 2 heterocycles. The molecular weight excluding hydrogens is 289 g/mol. The van der Waals surface area contributed by atoms with E-state index < -0.39 is 11.7 Å². The normalized spacial score (nSPS) is 11.4. The first kappa shape index (κ1) is 14.6. The Morgan fingerprint density at radius 1 is 1.25 bits per heavy atom. The van der Waals surface area contributed by atoms with E-state index in [4.69, 9.17) is 0 Å². The lowest BCUT2D eigenvalue weighted by molar-refractivity contribution is -0.137. The summed E-state index contributed by atoms with van der Waals surface area (Å²) in [7, 11) is 1.53. The van der Waals surface area contributed by atoms with Gasteiger partial charge in [0.05, 0.1) is 23.3 Å². The number of nitrogens with zero attached hydrogens (tertiary/aromatic N) is 2.